The molecule has 4 aliphatic rings. The minimum absolute atomic E-state index is 0.139. The van der Waals surface area contributed by atoms with E-state index in [4.69, 9.17) is 9.83 Å². The largest absolute Gasteiger partial charge is 0.292 e. The van der Waals surface area contributed by atoms with Gasteiger partial charge in [-0.05, 0) is 78.6 Å². The van der Waals surface area contributed by atoms with E-state index >= 15 is 0 Å². The topological polar surface area (TPSA) is 24.8 Å². The van der Waals surface area contributed by atoms with Crippen LogP contribution in [0.2, 0.25) is 0 Å². The Balaban J connectivity index is 1.58. The molecule has 2 heterocycles. The number of hydrogen-bond donors (Lipinski definition) is 0. The summed E-state index contributed by atoms with van der Waals surface area (Å²) in [5, 5.41) is 2.35. The maximum atomic E-state index is 6.72. The number of fused-ring (bicyclic) bond motifs is 1. The molecule has 2 saturated carbocycles. The minimum Gasteiger partial charge on any atom is -0.292 e. The van der Waals surface area contributed by atoms with Gasteiger partial charge in [-0.25, -0.2) is 0 Å². The van der Waals surface area contributed by atoms with Crippen LogP contribution >= 0.6 is 0 Å². The quantitative estimate of drug-likeness (QED) is 0.772. The van der Waals surface area contributed by atoms with Gasteiger partial charge in [0.05, 0.1) is 6.04 Å². The Morgan fingerprint density at radius 1 is 1.10 bits per heavy atom. The highest BCUT2D eigenvalue weighted by Crippen LogP contribution is 2.56. The van der Waals surface area contributed by atoms with Gasteiger partial charge in [-0.15, -0.1) is 0 Å². The van der Waals surface area contributed by atoms with Crippen molar-refractivity contribution in [3.63, 3.8) is 0 Å². The van der Waals surface area contributed by atoms with Gasteiger partial charge in [0.25, 0.3) is 0 Å². The van der Waals surface area contributed by atoms with Crippen molar-refractivity contribution in [2.75, 3.05) is 0 Å². The van der Waals surface area contributed by atoms with Gasteiger partial charge in [-0.1, -0.05) is 0 Å². The monoisotopic (exact) mass is 290 g/mol. The summed E-state index contributed by atoms with van der Waals surface area (Å²) in [6, 6.07) is 0.447. The summed E-state index contributed by atoms with van der Waals surface area (Å²) < 4.78 is 0. The van der Waals surface area contributed by atoms with Crippen LogP contribution in [0.1, 0.15) is 66.7 Å². The van der Waals surface area contributed by atoms with E-state index in [1.165, 1.54) is 37.8 Å². The Morgan fingerprint density at radius 2 is 1.76 bits per heavy atom. The van der Waals surface area contributed by atoms with Crippen molar-refractivity contribution in [3.8, 4) is 0 Å². The molecule has 5 atom stereocenters. The highest BCUT2D eigenvalue weighted by molar-refractivity contribution is 5.87. The lowest BCUT2D eigenvalue weighted by Crippen LogP contribution is -2.60. The second-order valence-electron chi connectivity index (χ2n) is 9.11. The van der Waals surface area contributed by atoms with Crippen LogP contribution < -0.4 is 0 Å². The number of rotatable bonds is 2. The predicted molar refractivity (Wildman–Crippen MR) is 85.3 cm³/mol. The van der Waals surface area contributed by atoms with Gasteiger partial charge in [-0.2, -0.15) is 5.06 Å². The molecular formula is C18H30N2O. The van der Waals surface area contributed by atoms with E-state index in [9.17, 15) is 0 Å². The summed E-state index contributed by atoms with van der Waals surface area (Å²) in [6.45, 7) is 11.6. The summed E-state index contributed by atoms with van der Waals surface area (Å²) in [4.78, 5) is 11.7. The molecule has 3 nitrogen and oxygen atoms in total. The third-order valence-electron chi connectivity index (χ3n) is 6.68. The van der Waals surface area contributed by atoms with E-state index in [0.717, 1.165) is 17.8 Å². The van der Waals surface area contributed by atoms with Crippen molar-refractivity contribution in [1.29, 1.82) is 0 Å². The maximum Gasteiger partial charge on any atom is 0.105 e. The van der Waals surface area contributed by atoms with E-state index in [-0.39, 0.29) is 11.1 Å². The van der Waals surface area contributed by atoms with E-state index in [0.29, 0.717) is 12.1 Å². The lowest BCUT2D eigenvalue weighted by Gasteiger charge is -2.53. The smallest absolute Gasteiger partial charge is 0.105 e. The normalized spacial score (nSPS) is 46.9. The van der Waals surface area contributed by atoms with Crippen LogP contribution in [0.4, 0.5) is 0 Å². The lowest BCUT2D eigenvalue weighted by molar-refractivity contribution is -0.313. The molecule has 0 radical (unpaired) electrons. The molecule has 1 saturated heterocycles. The molecule has 0 spiro atoms. The molecular weight excluding hydrogens is 260 g/mol. The van der Waals surface area contributed by atoms with E-state index in [2.05, 4.69) is 39.7 Å². The molecule has 2 bridgehead atoms. The van der Waals surface area contributed by atoms with Gasteiger partial charge < -0.3 is 0 Å². The molecule has 0 N–H and O–H groups in total. The first-order valence-electron chi connectivity index (χ1n) is 8.81. The standard InChI is InChI=1S/C18H30N2O/c1-11-13-9-12-10-14(13)15(19-11)16(12)21-20-17(2,3)7-6-8-18(20,4)5/h12-16H,6-10H2,1-5H3. The zero-order valence-electron chi connectivity index (χ0n) is 14.2. The van der Waals surface area contributed by atoms with Crippen LogP contribution in [-0.2, 0) is 4.84 Å². The first-order chi connectivity index (χ1) is 9.79. The van der Waals surface area contributed by atoms with Crippen LogP contribution in [0.5, 0.6) is 0 Å². The van der Waals surface area contributed by atoms with Gasteiger partial charge in [0.15, 0.2) is 0 Å². The molecule has 3 fully saturated rings. The molecule has 2 aliphatic carbocycles. The van der Waals surface area contributed by atoms with Crippen LogP contribution in [0.25, 0.3) is 0 Å². The van der Waals surface area contributed by atoms with Crippen LogP contribution in [0.15, 0.2) is 4.99 Å². The fourth-order valence-corrected chi connectivity index (χ4v) is 5.79. The minimum atomic E-state index is 0.139. The zero-order valence-corrected chi connectivity index (χ0v) is 14.2. The average Bonchev–Trinajstić information content (AvgIpc) is 2.96. The van der Waals surface area contributed by atoms with Gasteiger partial charge in [0.1, 0.15) is 6.10 Å². The van der Waals surface area contributed by atoms with Crippen molar-refractivity contribution in [2.24, 2.45) is 22.7 Å². The van der Waals surface area contributed by atoms with Crippen LogP contribution in [0.3, 0.4) is 0 Å². The third kappa shape index (κ3) is 1.96. The van der Waals surface area contributed by atoms with Gasteiger partial charge >= 0.3 is 0 Å². The Bertz CT molecular complexity index is 466. The number of hydrogen-bond acceptors (Lipinski definition) is 3. The van der Waals surface area contributed by atoms with Crippen molar-refractivity contribution < 1.29 is 4.84 Å². The van der Waals surface area contributed by atoms with Crippen LogP contribution in [-0.4, -0.2) is 34.0 Å². The second kappa shape index (κ2) is 4.32. The summed E-state index contributed by atoms with van der Waals surface area (Å²) >= 11 is 0. The van der Waals surface area contributed by atoms with Crippen molar-refractivity contribution >= 4 is 5.71 Å². The molecule has 0 aromatic carbocycles. The Labute approximate surface area is 129 Å². The molecule has 21 heavy (non-hydrogen) atoms. The highest BCUT2D eigenvalue weighted by atomic mass is 16.7. The Kier molecular flexibility index (Phi) is 2.92. The molecule has 118 valence electrons. The molecule has 0 amide bonds. The number of piperidine rings is 1. The Hall–Kier alpha value is -0.410. The summed E-state index contributed by atoms with van der Waals surface area (Å²) in [7, 11) is 0. The van der Waals surface area contributed by atoms with Gasteiger partial charge in [0, 0.05) is 22.7 Å². The molecule has 0 aromatic heterocycles. The van der Waals surface area contributed by atoms with Crippen molar-refractivity contribution in [1.82, 2.24) is 5.06 Å². The van der Waals surface area contributed by atoms with E-state index < -0.39 is 0 Å². The average molecular weight is 290 g/mol. The van der Waals surface area contributed by atoms with Crippen molar-refractivity contribution in [3.05, 3.63) is 0 Å². The zero-order chi connectivity index (χ0) is 15.0. The lowest BCUT2D eigenvalue weighted by atomic mass is 9.82. The molecule has 0 aromatic rings. The number of hydroxylamine groups is 2. The molecule has 4 rings (SSSR count). The maximum absolute atomic E-state index is 6.72. The first-order valence-corrected chi connectivity index (χ1v) is 8.81. The summed E-state index contributed by atoms with van der Waals surface area (Å²) in [5.41, 5.74) is 1.68. The second-order valence-corrected chi connectivity index (χ2v) is 9.11. The van der Waals surface area contributed by atoms with Gasteiger partial charge in [-0.3, -0.25) is 9.83 Å². The molecule has 5 unspecified atom stereocenters. The fourth-order valence-electron chi connectivity index (χ4n) is 5.79. The highest BCUT2D eigenvalue weighted by Gasteiger charge is 2.59. The third-order valence-corrected chi connectivity index (χ3v) is 6.68. The molecule has 2 aliphatic heterocycles. The summed E-state index contributed by atoms with van der Waals surface area (Å²) in [5.74, 6) is 2.30. The number of nitrogens with zero attached hydrogens (tertiary/aromatic N) is 2. The van der Waals surface area contributed by atoms with Gasteiger partial charge in [0.2, 0.25) is 0 Å². The Morgan fingerprint density at radius 3 is 2.43 bits per heavy atom. The predicted octanol–water partition coefficient (Wildman–Crippen LogP) is 3.83. The SMILES string of the molecule is CC1=NC2C3CC(CC13)C2ON1C(C)(C)CCCC1(C)C. The number of aliphatic imine (C=N–C) groups is 1. The van der Waals surface area contributed by atoms with E-state index in [1.54, 1.807) is 0 Å². The summed E-state index contributed by atoms with van der Waals surface area (Å²) in [6.07, 6.45) is 6.75. The van der Waals surface area contributed by atoms with Crippen LogP contribution in [0, 0.1) is 17.8 Å². The van der Waals surface area contributed by atoms with Crippen molar-refractivity contribution in [2.45, 2.75) is 89.9 Å². The molecule has 3 heteroatoms. The van der Waals surface area contributed by atoms with E-state index in [1.807, 2.05) is 0 Å². The fraction of sp³-hybridized carbons (Fsp3) is 0.944. The first kappa shape index (κ1) is 14.2.